The van der Waals surface area contributed by atoms with Crippen molar-refractivity contribution in [2.75, 3.05) is 0 Å². The quantitative estimate of drug-likeness (QED) is 0.435. The number of rotatable bonds is 0. The third-order valence-corrected chi connectivity index (χ3v) is 9.36. The summed E-state index contributed by atoms with van der Waals surface area (Å²) in [7, 11) is 0. The molecule has 1 fully saturated rings. The molecule has 1 unspecified atom stereocenters. The van der Waals surface area contributed by atoms with Gasteiger partial charge < -0.3 is 5.11 Å². The number of allylic oxidation sites excluding steroid dienone is 1. The third kappa shape index (κ3) is 2.37. The highest BCUT2D eigenvalue weighted by Crippen LogP contribution is 2.63. The lowest BCUT2D eigenvalue weighted by Gasteiger charge is -2.59. The molecule has 0 aromatic heterocycles. The summed E-state index contributed by atoms with van der Waals surface area (Å²) in [5, 5.41) is 10.2. The number of halogens is 3. The predicted molar refractivity (Wildman–Crippen MR) is 89.5 cm³/mol. The highest BCUT2D eigenvalue weighted by molar-refractivity contribution is 9.09. The second kappa shape index (κ2) is 5.00. The first-order chi connectivity index (χ1) is 8.54. The smallest absolute Gasteiger partial charge is 0.0854 e. The zero-order valence-electron chi connectivity index (χ0n) is 12.0. The van der Waals surface area contributed by atoms with E-state index >= 15 is 0 Å². The van der Waals surface area contributed by atoms with Gasteiger partial charge in [-0.3, -0.25) is 0 Å². The van der Waals surface area contributed by atoms with Crippen LogP contribution in [0.25, 0.3) is 0 Å². The lowest BCUT2D eigenvalue weighted by molar-refractivity contribution is 0.0124. The molecule has 0 aliphatic heterocycles. The number of aliphatic hydroxyl groups excluding tert-OH is 1. The summed E-state index contributed by atoms with van der Waals surface area (Å²) in [6.45, 7) is 8.82. The van der Waals surface area contributed by atoms with Gasteiger partial charge >= 0.3 is 0 Å². The van der Waals surface area contributed by atoms with Crippen LogP contribution in [0.5, 0.6) is 0 Å². The SMILES string of the molecule is CC1=CC(O)[C@H](Br)C(C)(C)[C@@]12CC[C@](C)(Cl)[C@@H](Br)C2. The van der Waals surface area contributed by atoms with Crippen LogP contribution in [0.3, 0.4) is 0 Å². The lowest BCUT2D eigenvalue weighted by atomic mass is 9.50. The Balaban J connectivity index is 2.45. The van der Waals surface area contributed by atoms with E-state index in [-0.39, 0.29) is 20.5 Å². The summed E-state index contributed by atoms with van der Waals surface area (Å²) < 4.78 is 0. The molecular weight excluding hydrogens is 391 g/mol. The molecule has 2 aliphatic rings. The third-order valence-electron chi connectivity index (χ3n) is 5.62. The monoisotopic (exact) mass is 412 g/mol. The zero-order chi connectivity index (χ0) is 14.6. The summed E-state index contributed by atoms with van der Waals surface area (Å²) >= 11 is 14.1. The minimum absolute atomic E-state index is 0.00462. The van der Waals surface area contributed by atoms with Crippen LogP contribution in [0.4, 0.5) is 0 Å². The topological polar surface area (TPSA) is 20.2 Å². The molecule has 0 amide bonds. The second-order valence-electron chi connectivity index (χ2n) is 7.00. The standard InChI is InChI=1S/C15H23Br2ClO/c1-9-7-10(19)12(17)13(2,3)15(9)6-5-14(4,18)11(16)8-15/h7,10-12,19H,5-6,8H2,1-4H3/t10?,11-,12-,14-,15+/m0/s1. The Labute approximate surface area is 138 Å². The van der Waals surface area contributed by atoms with Crippen LogP contribution in [0, 0.1) is 10.8 Å². The largest absolute Gasteiger partial charge is 0.388 e. The summed E-state index contributed by atoms with van der Waals surface area (Å²) in [6.07, 6.45) is 4.73. The fraction of sp³-hybridized carbons (Fsp3) is 0.867. The van der Waals surface area contributed by atoms with Crippen LogP contribution >= 0.6 is 43.5 Å². The van der Waals surface area contributed by atoms with E-state index in [1.54, 1.807) is 0 Å². The minimum atomic E-state index is -0.404. The van der Waals surface area contributed by atoms with E-state index in [1.165, 1.54) is 5.57 Å². The molecule has 0 aromatic rings. The van der Waals surface area contributed by atoms with Gasteiger partial charge in [0.1, 0.15) is 0 Å². The van der Waals surface area contributed by atoms with Crippen molar-refractivity contribution in [2.24, 2.45) is 10.8 Å². The lowest BCUT2D eigenvalue weighted by Crippen LogP contribution is -2.56. The van der Waals surface area contributed by atoms with Gasteiger partial charge in [0, 0.05) is 4.83 Å². The molecule has 2 aliphatic carbocycles. The van der Waals surface area contributed by atoms with Gasteiger partial charge in [-0.05, 0) is 43.9 Å². The van der Waals surface area contributed by atoms with Gasteiger partial charge in [0.05, 0.1) is 15.8 Å². The molecule has 5 atom stereocenters. The Bertz CT molecular complexity index is 405. The molecule has 2 rings (SSSR count). The number of alkyl halides is 3. The molecule has 1 nitrogen and oxygen atoms in total. The number of hydrogen-bond acceptors (Lipinski definition) is 1. The molecule has 1 N–H and O–H groups in total. The van der Waals surface area contributed by atoms with Gasteiger partial charge in [-0.15, -0.1) is 11.6 Å². The Kier molecular flexibility index (Phi) is 4.29. The maximum absolute atomic E-state index is 10.2. The summed E-state index contributed by atoms with van der Waals surface area (Å²) in [4.78, 5) is 0.218. The normalized spacial score (nSPS) is 50.1. The first kappa shape index (κ1) is 16.3. The van der Waals surface area contributed by atoms with E-state index in [9.17, 15) is 5.11 Å². The van der Waals surface area contributed by atoms with Gasteiger partial charge in [0.15, 0.2) is 0 Å². The van der Waals surface area contributed by atoms with Crippen molar-refractivity contribution in [1.29, 1.82) is 0 Å². The molecule has 0 saturated heterocycles. The van der Waals surface area contributed by atoms with Gasteiger partial charge in [-0.25, -0.2) is 0 Å². The van der Waals surface area contributed by atoms with Crippen molar-refractivity contribution in [1.82, 2.24) is 0 Å². The van der Waals surface area contributed by atoms with Crippen molar-refractivity contribution in [3.05, 3.63) is 11.6 Å². The first-order valence-corrected chi connectivity index (χ1v) is 9.09. The molecule has 1 spiro atoms. The van der Waals surface area contributed by atoms with Gasteiger partial charge in [-0.1, -0.05) is 57.4 Å². The summed E-state index contributed by atoms with van der Waals surface area (Å²) in [6, 6.07) is 0. The van der Waals surface area contributed by atoms with Crippen molar-refractivity contribution in [3.63, 3.8) is 0 Å². The number of aliphatic hydroxyl groups is 1. The number of hydrogen-bond donors (Lipinski definition) is 1. The second-order valence-corrected chi connectivity index (χ2v) is 9.95. The van der Waals surface area contributed by atoms with Crippen LogP contribution in [0.15, 0.2) is 11.6 Å². The molecule has 4 heteroatoms. The molecule has 0 bridgehead atoms. The van der Waals surface area contributed by atoms with Crippen molar-refractivity contribution in [3.8, 4) is 0 Å². The fourth-order valence-corrected chi connectivity index (χ4v) is 5.42. The van der Waals surface area contributed by atoms with Gasteiger partial charge in [0.25, 0.3) is 0 Å². The van der Waals surface area contributed by atoms with E-state index in [0.29, 0.717) is 4.83 Å². The van der Waals surface area contributed by atoms with E-state index < -0.39 is 6.10 Å². The Hall–Kier alpha value is 0.950. The molecule has 110 valence electrons. The van der Waals surface area contributed by atoms with E-state index in [2.05, 4.69) is 59.6 Å². The molecule has 0 radical (unpaired) electrons. The minimum Gasteiger partial charge on any atom is -0.388 e. The molecule has 0 aromatic carbocycles. The van der Waals surface area contributed by atoms with Gasteiger partial charge in [-0.2, -0.15) is 0 Å². The van der Waals surface area contributed by atoms with Crippen molar-refractivity contribution in [2.45, 2.75) is 67.6 Å². The maximum Gasteiger partial charge on any atom is 0.0854 e. The molecule has 1 saturated carbocycles. The highest BCUT2D eigenvalue weighted by Gasteiger charge is 2.58. The summed E-state index contributed by atoms with van der Waals surface area (Å²) in [5.41, 5.74) is 1.44. The zero-order valence-corrected chi connectivity index (χ0v) is 15.9. The Morgan fingerprint density at radius 3 is 2.37 bits per heavy atom. The van der Waals surface area contributed by atoms with E-state index in [0.717, 1.165) is 19.3 Å². The average Bonchev–Trinajstić information content (AvgIpc) is 2.29. The Morgan fingerprint density at radius 1 is 1.26 bits per heavy atom. The van der Waals surface area contributed by atoms with Crippen LogP contribution in [0.1, 0.15) is 47.0 Å². The van der Waals surface area contributed by atoms with Crippen molar-refractivity contribution >= 4 is 43.5 Å². The van der Waals surface area contributed by atoms with Crippen LogP contribution in [0.2, 0.25) is 0 Å². The predicted octanol–water partition coefficient (Wildman–Crippen LogP) is 5.03. The van der Waals surface area contributed by atoms with E-state index in [4.69, 9.17) is 11.6 Å². The fourth-order valence-electron chi connectivity index (χ4n) is 3.88. The molecule has 19 heavy (non-hydrogen) atoms. The molecule has 0 heterocycles. The highest BCUT2D eigenvalue weighted by atomic mass is 79.9. The maximum atomic E-state index is 10.2. The van der Waals surface area contributed by atoms with Gasteiger partial charge in [0.2, 0.25) is 0 Å². The van der Waals surface area contributed by atoms with Crippen LogP contribution in [-0.2, 0) is 0 Å². The summed E-state index contributed by atoms with van der Waals surface area (Å²) in [5.74, 6) is 0. The van der Waals surface area contributed by atoms with Crippen molar-refractivity contribution < 1.29 is 5.11 Å². The average molecular weight is 415 g/mol. The van der Waals surface area contributed by atoms with E-state index in [1.807, 2.05) is 6.08 Å². The Morgan fingerprint density at radius 2 is 1.84 bits per heavy atom. The molecular formula is C15H23Br2ClO. The van der Waals surface area contributed by atoms with Crippen LogP contribution in [-0.4, -0.2) is 25.7 Å². The first-order valence-electron chi connectivity index (χ1n) is 6.89. The van der Waals surface area contributed by atoms with Crippen LogP contribution < -0.4 is 0 Å².